The van der Waals surface area contributed by atoms with Crippen LogP contribution in [0.15, 0.2) is 34.7 Å². The first-order valence-electron chi connectivity index (χ1n) is 11.9. The van der Waals surface area contributed by atoms with Crippen molar-refractivity contribution >= 4 is 34.7 Å². The Morgan fingerprint density at radius 2 is 2.15 bits per heavy atom. The number of hydrogen-bond acceptors (Lipinski definition) is 8. The van der Waals surface area contributed by atoms with Gasteiger partial charge in [-0.2, -0.15) is 5.26 Å². The van der Waals surface area contributed by atoms with Gasteiger partial charge in [-0.15, -0.1) is 0 Å². The largest absolute Gasteiger partial charge is 0.401 e. The van der Waals surface area contributed by atoms with Crippen LogP contribution in [-0.2, 0) is 4.74 Å². The minimum Gasteiger partial charge on any atom is -0.401 e. The molecule has 0 atom stereocenters. The van der Waals surface area contributed by atoms with Crippen LogP contribution < -0.4 is 11.1 Å². The zero-order chi connectivity index (χ0) is 23.7. The zero-order valence-corrected chi connectivity index (χ0v) is 20.2. The number of rotatable bonds is 7. The van der Waals surface area contributed by atoms with Crippen molar-refractivity contribution < 1.29 is 4.74 Å². The minimum atomic E-state index is -0.291. The van der Waals surface area contributed by atoms with Gasteiger partial charge in [0.15, 0.2) is 0 Å². The van der Waals surface area contributed by atoms with Gasteiger partial charge in [-0.3, -0.25) is 9.89 Å². The summed E-state index contributed by atoms with van der Waals surface area (Å²) < 4.78 is 5.35. The van der Waals surface area contributed by atoms with Gasteiger partial charge in [0.05, 0.1) is 48.5 Å². The topological polar surface area (TPSA) is 112 Å². The molecule has 5 rings (SSSR count). The van der Waals surface area contributed by atoms with E-state index in [9.17, 15) is 5.26 Å². The highest BCUT2D eigenvalue weighted by molar-refractivity contribution is 6.32. The monoisotopic (exact) mass is 479 g/mol. The van der Waals surface area contributed by atoms with Gasteiger partial charge in [0, 0.05) is 28.5 Å². The number of aliphatic imine (C=N–C) groups is 1. The lowest BCUT2D eigenvalue weighted by Gasteiger charge is -2.41. The summed E-state index contributed by atoms with van der Waals surface area (Å²) >= 11 is 6.68. The third kappa shape index (κ3) is 4.88. The Hall–Kier alpha value is -2.73. The SMILES string of the molecule is C/C(N)=C(/C=NCC1(C#N)CC1)Nc1ncc2cc(Cl)c(C3CCN(C4COC4)CC3)cc2n1. The van der Waals surface area contributed by atoms with Crippen LogP contribution in [0.25, 0.3) is 10.9 Å². The molecule has 178 valence electrons. The van der Waals surface area contributed by atoms with Gasteiger partial charge in [0.2, 0.25) is 5.95 Å². The molecule has 2 aliphatic heterocycles. The van der Waals surface area contributed by atoms with Gasteiger partial charge in [-0.1, -0.05) is 11.6 Å². The van der Waals surface area contributed by atoms with E-state index in [0.29, 0.717) is 35.8 Å². The number of likely N-dealkylation sites (tertiary alicyclic amines) is 1. The lowest BCUT2D eigenvalue weighted by atomic mass is 9.88. The summed E-state index contributed by atoms with van der Waals surface area (Å²) in [5, 5.41) is 14.1. The lowest BCUT2D eigenvalue weighted by molar-refractivity contribution is -0.0712. The molecule has 2 saturated heterocycles. The molecule has 34 heavy (non-hydrogen) atoms. The number of nitrogens with zero attached hydrogens (tertiary/aromatic N) is 5. The molecular weight excluding hydrogens is 450 g/mol. The zero-order valence-electron chi connectivity index (χ0n) is 19.4. The highest BCUT2D eigenvalue weighted by atomic mass is 35.5. The molecule has 0 radical (unpaired) electrons. The second-order valence-corrected chi connectivity index (χ2v) is 10.1. The Kier molecular flexibility index (Phi) is 6.43. The molecule has 1 aliphatic carbocycles. The quantitative estimate of drug-likeness (QED) is 0.580. The van der Waals surface area contributed by atoms with E-state index in [2.05, 4.69) is 32.3 Å². The number of nitrogens with one attached hydrogen (secondary N) is 1. The fraction of sp³-hybridized carbons (Fsp3) is 0.520. The van der Waals surface area contributed by atoms with Crippen molar-refractivity contribution in [3.8, 4) is 6.07 Å². The van der Waals surface area contributed by atoms with Crippen molar-refractivity contribution in [2.24, 2.45) is 16.1 Å². The number of piperidine rings is 1. The maximum Gasteiger partial charge on any atom is 0.227 e. The van der Waals surface area contributed by atoms with Gasteiger partial charge >= 0.3 is 0 Å². The Morgan fingerprint density at radius 3 is 2.76 bits per heavy atom. The number of nitriles is 1. The third-order valence-corrected chi connectivity index (χ3v) is 7.51. The van der Waals surface area contributed by atoms with Gasteiger partial charge in [-0.25, -0.2) is 9.97 Å². The van der Waals surface area contributed by atoms with Gasteiger partial charge in [0.25, 0.3) is 0 Å². The number of hydrogen-bond donors (Lipinski definition) is 2. The molecule has 3 aliphatic rings. The Morgan fingerprint density at radius 1 is 1.38 bits per heavy atom. The molecule has 1 saturated carbocycles. The number of aromatic nitrogens is 2. The van der Waals surface area contributed by atoms with Gasteiger partial charge in [0.1, 0.15) is 0 Å². The normalized spacial score (nSPS) is 21.8. The fourth-order valence-corrected chi connectivity index (χ4v) is 4.90. The highest BCUT2D eigenvalue weighted by Gasteiger charge is 2.42. The average molecular weight is 480 g/mol. The van der Waals surface area contributed by atoms with Crippen LogP contribution >= 0.6 is 11.6 Å². The summed E-state index contributed by atoms with van der Waals surface area (Å²) in [7, 11) is 0. The number of anilines is 1. The first-order valence-corrected chi connectivity index (χ1v) is 12.3. The molecule has 3 heterocycles. The third-order valence-electron chi connectivity index (χ3n) is 7.18. The van der Waals surface area contributed by atoms with Crippen LogP contribution in [0.2, 0.25) is 5.02 Å². The van der Waals surface area contributed by atoms with E-state index in [4.69, 9.17) is 27.1 Å². The highest BCUT2D eigenvalue weighted by Crippen LogP contribution is 2.45. The van der Waals surface area contributed by atoms with Crippen LogP contribution in [0.4, 0.5) is 5.95 Å². The number of nitrogens with two attached hydrogens (primary N) is 1. The molecule has 8 nitrogen and oxygen atoms in total. The number of fused-ring (bicyclic) bond motifs is 1. The minimum absolute atomic E-state index is 0.291. The van der Waals surface area contributed by atoms with E-state index in [1.807, 2.05) is 6.07 Å². The summed E-state index contributed by atoms with van der Waals surface area (Å²) in [6.07, 6.45) is 7.42. The second-order valence-electron chi connectivity index (χ2n) is 9.71. The van der Waals surface area contributed by atoms with Crippen molar-refractivity contribution in [3.05, 3.63) is 40.3 Å². The van der Waals surface area contributed by atoms with Crippen molar-refractivity contribution in [1.82, 2.24) is 14.9 Å². The van der Waals surface area contributed by atoms with Gasteiger partial charge in [-0.05, 0) is 69.3 Å². The van der Waals surface area contributed by atoms with Crippen LogP contribution in [0, 0.1) is 16.7 Å². The standard InChI is InChI=1S/C25H30ClN7O/c1-16(28)23(11-29-15-25(14-27)4-5-25)32-24-30-10-18-8-21(26)20(9-22(18)31-24)17-2-6-33(7-3-17)19-12-34-13-19/h8-11,17,19H,2-7,12-13,15,28H2,1H3,(H,30,31,32)/b23-16+,29-11?. The molecule has 9 heteroatoms. The smallest absolute Gasteiger partial charge is 0.227 e. The number of halogens is 1. The van der Waals surface area contributed by atoms with E-state index in [1.165, 1.54) is 0 Å². The summed E-state index contributed by atoms with van der Waals surface area (Å²) in [6.45, 7) is 6.13. The number of ether oxygens (including phenoxy) is 1. The molecule has 3 N–H and O–H groups in total. The fourth-order valence-electron chi connectivity index (χ4n) is 4.57. The summed E-state index contributed by atoms with van der Waals surface area (Å²) in [5.74, 6) is 0.873. The molecule has 0 amide bonds. The summed E-state index contributed by atoms with van der Waals surface area (Å²) in [4.78, 5) is 16.1. The van der Waals surface area contributed by atoms with E-state index in [1.54, 1.807) is 19.3 Å². The Balaban J connectivity index is 1.31. The second kappa shape index (κ2) is 9.49. The molecule has 3 fully saturated rings. The van der Waals surface area contributed by atoms with Crippen molar-refractivity contribution in [1.29, 1.82) is 5.26 Å². The Labute approximate surface area is 204 Å². The molecule has 1 aromatic heterocycles. The van der Waals surface area contributed by atoms with E-state index in [-0.39, 0.29) is 5.41 Å². The molecular formula is C25H30ClN7O. The first-order chi connectivity index (χ1) is 16.5. The molecule has 1 aromatic carbocycles. The molecule has 0 bridgehead atoms. The van der Waals surface area contributed by atoms with E-state index < -0.39 is 0 Å². The van der Waals surface area contributed by atoms with E-state index in [0.717, 1.165) is 73.5 Å². The molecule has 0 unspecified atom stereocenters. The lowest BCUT2D eigenvalue weighted by Crippen LogP contribution is -2.51. The molecule has 0 spiro atoms. The van der Waals surface area contributed by atoms with Crippen LogP contribution in [-0.4, -0.2) is 60.0 Å². The Bertz CT molecular complexity index is 1170. The maximum absolute atomic E-state index is 9.24. The predicted octanol–water partition coefficient (Wildman–Crippen LogP) is 3.84. The van der Waals surface area contributed by atoms with Crippen molar-refractivity contribution in [2.75, 3.05) is 38.2 Å². The van der Waals surface area contributed by atoms with Crippen molar-refractivity contribution in [3.63, 3.8) is 0 Å². The maximum atomic E-state index is 9.24. The van der Waals surface area contributed by atoms with E-state index >= 15 is 0 Å². The van der Waals surface area contributed by atoms with Crippen LogP contribution in [0.5, 0.6) is 0 Å². The number of allylic oxidation sites excluding steroid dienone is 2. The predicted molar refractivity (Wildman–Crippen MR) is 134 cm³/mol. The van der Waals surface area contributed by atoms with Gasteiger partial charge < -0.3 is 15.8 Å². The van der Waals surface area contributed by atoms with Crippen LogP contribution in [0.1, 0.15) is 44.1 Å². The molecule has 2 aromatic rings. The summed E-state index contributed by atoms with van der Waals surface area (Å²) in [5.41, 5.74) is 8.98. The van der Waals surface area contributed by atoms with Crippen molar-refractivity contribution in [2.45, 2.75) is 44.6 Å². The van der Waals surface area contributed by atoms with Crippen LogP contribution in [0.3, 0.4) is 0 Å². The number of benzene rings is 1. The average Bonchev–Trinajstić information content (AvgIpc) is 3.58. The first kappa shape index (κ1) is 23.0. The summed E-state index contributed by atoms with van der Waals surface area (Å²) in [6, 6.07) is 7.00.